The summed E-state index contributed by atoms with van der Waals surface area (Å²) in [6.07, 6.45) is 5.29. The normalized spacial score (nSPS) is 17.3. The third-order valence-corrected chi connectivity index (χ3v) is 7.60. The second kappa shape index (κ2) is 12.2. The molecule has 2 aliphatic rings. The fourth-order valence-electron chi connectivity index (χ4n) is 5.07. The zero-order chi connectivity index (χ0) is 27.4. The Morgan fingerprint density at radius 3 is 2.74 bits per heavy atom. The number of nitrogen functional groups attached to an aromatic ring is 1. The molecule has 1 amide bonds. The van der Waals surface area contributed by atoms with Crippen molar-refractivity contribution in [3.63, 3.8) is 0 Å². The number of aromatic nitrogens is 4. The van der Waals surface area contributed by atoms with Crippen molar-refractivity contribution in [2.75, 3.05) is 32.5 Å². The molecule has 1 atom stereocenters. The fraction of sp³-hybridized carbons (Fsp3) is 0.571. The lowest BCUT2D eigenvalue weighted by molar-refractivity contribution is -0.131. The van der Waals surface area contributed by atoms with Crippen LogP contribution in [0.5, 0.6) is 11.8 Å². The number of nitrogens with one attached hydrogen (secondary N) is 2. The minimum absolute atomic E-state index is 0.124. The molecule has 1 aliphatic heterocycles. The first-order valence-corrected chi connectivity index (χ1v) is 13.9. The van der Waals surface area contributed by atoms with Gasteiger partial charge in [-0.3, -0.25) is 14.8 Å². The van der Waals surface area contributed by atoms with E-state index in [0.717, 1.165) is 80.7 Å². The molecule has 5 N–H and O–H groups in total. The Bertz CT molecular complexity index is 1280. The van der Waals surface area contributed by atoms with Gasteiger partial charge in [-0.15, -0.1) is 0 Å². The van der Waals surface area contributed by atoms with E-state index in [1.165, 1.54) is 0 Å². The lowest BCUT2D eigenvalue weighted by Gasteiger charge is -2.32. The summed E-state index contributed by atoms with van der Waals surface area (Å²) in [5.41, 5.74) is 10.3. The number of unbranched alkanes of at least 4 members (excludes halogenated alkanes) is 1. The number of likely N-dealkylation sites (tertiary alicyclic amines) is 1. The molecule has 3 heterocycles. The number of nitrogens with zero attached hydrogens (tertiary/aromatic N) is 4. The predicted octanol–water partition coefficient (Wildman–Crippen LogP) is 2.56. The molecule has 11 nitrogen and oxygen atoms in total. The van der Waals surface area contributed by atoms with Gasteiger partial charge in [-0.25, -0.2) is 0 Å². The fourth-order valence-corrected chi connectivity index (χ4v) is 5.07. The molecule has 39 heavy (non-hydrogen) atoms. The summed E-state index contributed by atoms with van der Waals surface area (Å²) in [4.78, 5) is 23.4. The lowest BCUT2D eigenvalue weighted by atomic mass is 10.0. The van der Waals surface area contributed by atoms with Gasteiger partial charge in [0.15, 0.2) is 11.3 Å². The van der Waals surface area contributed by atoms with Gasteiger partial charge in [0.05, 0.1) is 19.4 Å². The number of rotatable bonds is 12. The monoisotopic (exact) mass is 537 g/mol. The summed E-state index contributed by atoms with van der Waals surface area (Å²) in [5, 5.41) is 20.5. The van der Waals surface area contributed by atoms with Crippen molar-refractivity contribution in [3.05, 3.63) is 35.0 Å². The van der Waals surface area contributed by atoms with E-state index in [9.17, 15) is 9.90 Å². The van der Waals surface area contributed by atoms with Crippen molar-refractivity contribution in [2.24, 2.45) is 5.92 Å². The van der Waals surface area contributed by atoms with E-state index >= 15 is 0 Å². The number of carbonyl (C=O) groups is 1. The van der Waals surface area contributed by atoms with E-state index < -0.39 is 6.10 Å². The molecule has 11 heteroatoms. The quantitative estimate of drug-likeness (QED) is 0.255. The van der Waals surface area contributed by atoms with Crippen LogP contribution in [-0.4, -0.2) is 75.0 Å². The number of carbonyl (C=O) groups excluding carboxylic acids is 1. The van der Waals surface area contributed by atoms with Gasteiger partial charge in [0.25, 0.3) is 0 Å². The molecule has 210 valence electrons. The van der Waals surface area contributed by atoms with Crippen LogP contribution in [-0.2, 0) is 17.8 Å². The largest absolute Gasteiger partial charge is 0.496 e. The maximum atomic E-state index is 12.2. The van der Waals surface area contributed by atoms with E-state index in [-0.39, 0.29) is 23.9 Å². The Morgan fingerprint density at radius 2 is 2.03 bits per heavy atom. The van der Waals surface area contributed by atoms with E-state index in [0.29, 0.717) is 29.9 Å². The maximum absolute atomic E-state index is 12.2. The van der Waals surface area contributed by atoms with E-state index in [1.54, 1.807) is 7.11 Å². The third-order valence-electron chi connectivity index (χ3n) is 7.60. The highest BCUT2D eigenvalue weighted by Gasteiger charge is 2.35. The van der Waals surface area contributed by atoms with Crippen molar-refractivity contribution >= 4 is 22.8 Å². The first kappa shape index (κ1) is 27.1. The molecule has 0 bridgehead atoms. The second-order valence-corrected chi connectivity index (χ2v) is 10.7. The van der Waals surface area contributed by atoms with Crippen molar-refractivity contribution in [3.8, 4) is 11.8 Å². The first-order chi connectivity index (χ1) is 18.9. The predicted molar refractivity (Wildman–Crippen MR) is 147 cm³/mol. The average Bonchev–Trinajstić information content (AvgIpc) is 3.71. The topological polar surface area (TPSA) is 152 Å². The number of H-pyrrole nitrogens is 1. The number of fused-ring (bicyclic) bond motifs is 1. The van der Waals surface area contributed by atoms with Crippen LogP contribution in [0.25, 0.3) is 11.0 Å². The van der Waals surface area contributed by atoms with E-state index in [4.69, 9.17) is 15.2 Å². The van der Waals surface area contributed by atoms with Crippen LogP contribution >= 0.6 is 0 Å². The first-order valence-electron chi connectivity index (χ1n) is 13.9. The van der Waals surface area contributed by atoms with Crippen molar-refractivity contribution < 1.29 is 19.4 Å². The summed E-state index contributed by atoms with van der Waals surface area (Å²) in [7, 11) is 1.68. The summed E-state index contributed by atoms with van der Waals surface area (Å²) in [5.74, 6) is 1.03. The lowest BCUT2D eigenvalue weighted by Crippen LogP contribution is -2.47. The summed E-state index contributed by atoms with van der Waals surface area (Å²) >= 11 is 0. The molecular formula is C28H39N7O4. The minimum atomic E-state index is -0.847. The van der Waals surface area contributed by atoms with Crippen LogP contribution in [0.15, 0.2) is 18.2 Å². The molecule has 1 saturated carbocycles. The van der Waals surface area contributed by atoms with Crippen molar-refractivity contribution in [2.45, 2.75) is 70.6 Å². The van der Waals surface area contributed by atoms with Crippen LogP contribution < -0.4 is 20.5 Å². The van der Waals surface area contributed by atoms with Crippen LogP contribution in [0.4, 0.5) is 5.82 Å². The summed E-state index contributed by atoms with van der Waals surface area (Å²) < 4.78 is 11.4. The van der Waals surface area contributed by atoms with Gasteiger partial charge in [0, 0.05) is 37.7 Å². The smallest absolute Gasteiger partial charge is 0.319 e. The van der Waals surface area contributed by atoms with E-state index in [2.05, 4.69) is 55.5 Å². The second-order valence-electron chi connectivity index (χ2n) is 10.7. The number of amides is 1. The summed E-state index contributed by atoms with van der Waals surface area (Å²) in [6, 6.07) is 6.67. The van der Waals surface area contributed by atoms with Gasteiger partial charge in [-0.05, 0) is 49.7 Å². The highest BCUT2D eigenvalue weighted by Crippen LogP contribution is 2.33. The van der Waals surface area contributed by atoms with Gasteiger partial charge < -0.3 is 25.6 Å². The van der Waals surface area contributed by atoms with Crippen LogP contribution in [0.2, 0.25) is 0 Å². The standard InChI is InChI=1S/C28H39N7O4/c1-3-4-13-39-28-31-23-21(33-34-24(23)26(29)32-28)15-19-6-5-17(14-22(19)38-2)16-35-11-9-20(10-12-35)30-27(37)25(36)18-7-8-18/h5-6,14,18,20,25,36H,3-4,7-13,15-16H2,1-2H3,(H,30,37)(H,33,34)(H2,29,31,32)/t25-/m0/s1. The number of piperidine rings is 1. The highest BCUT2D eigenvalue weighted by atomic mass is 16.5. The number of ether oxygens (including phenoxy) is 2. The van der Waals surface area contributed by atoms with Crippen molar-refractivity contribution in [1.82, 2.24) is 30.4 Å². The Morgan fingerprint density at radius 1 is 1.23 bits per heavy atom. The molecule has 0 unspecified atom stereocenters. The average molecular weight is 538 g/mol. The number of benzene rings is 1. The molecule has 1 saturated heterocycles. The molecule has 2 fully saturated rings. The molecule has 2 aromatic heterocycles. The molecular weight excluding hydrogens is 498 g/mol. The van der Waals surface area contributed by atoms with Gasteiger partial charge in [0.1, 0.15) is 17.4 Å². The minimum Gasteiger partial charge on any atom is -0.496 e. The third kappa shape index (κ3) is 6.59. The number of aliphatic hydroxyl groups is 1. The SMILES string of the molecule is CCCCOc1nc(N)c2n[nH]c(Cc3ccc(CN4CCC(NC(=O)[C@@H](O)C5CC5)CC4)cc3OC)c2n1. The zero-order valence-electron chi connectivity index (χ0n) is 22.8. The Balaban J connectivity index is 1.20. The molecule has 0 radical (unpaired) electrons. The van der Waals surface area contributed by atoms with Crippen LogP contribution in [0.3, 0.4) is 0 Å². The number of methoxy groups -OCH3 is 1. The Hall–Kier alpha value is -3.44. The van der Waals surface area contributed by atoms with Gasteiger partial charge >= 0.3 is 6.01 Å². The molecule has 0 spiro atoms. The molecule has 1 aromatic carbocycles. The maximum Gasteiger partial charge on any atom is 0.319 e. The molecule has 3 aromatic rings. The molecule has 5 rings (SSSR count). The summed E-state index contributed by atoms with van der Waals surface area (Å²) in [6.45, 7) is 5.22. The Labute approximate surface area is 228 Å². The number of hydrogen-bond acceptors (Lipinski definition) is 9. The number of aliphatic hydroxyl groups excluding tert-OH is 1. The highest BCUT2D eigenvalue weighted by molar-refractivity contribution is 5.86. The van der Waals surface area contributed by atoms with E-state index in [1.807, 2.05) is 0 Å². The number of aromatic amines is 1. The Kier molecular flexibility index (Phi) is 8.47. The van der Waals surface area contributed by atoms with Crippen LogP contribution in [0, 0.1) is 5.92 Å². The number of anilines is 1. The van der Waals surface area contributed by atoms with Gasteiger partial charge in [-0.2, -0.15) is 15.1 Å². The number of hydrogen-bond donors (Lipinski definition) is 4. The molecule has 1 aliphatic carbocycles. The van der Waals surface area contributed by atoms with Gasteiger partial charge in [0.2, 0.25) is 5.91 Å². The van der Waals surface area contributed by atoms with Crippen LogP contribution in [0.1, 0.15) is 62.3 Å². The number of nitrogens with two attached hydrogens (primary N) is 1. The zero-order valence-corrected chi connectivity index (χ0v) is 22.8. The van der Waals surface area contributed by atoms with Crippen molar-refractivity contribution in [1.29, 1.82) is 0 Å². The van der Waals surface area contributed by atoms with Gasteiger partial charge in [-0.1, -0.05) is 25.5 Å².